The van der Waals surface area contributed by atoms with Gasteiger partial charge in [0.1, 0.15) is 0 Å². The second kappa shape index (κ2) is 27.4. The Hall–Kier alpha value is -3.16. The number of aliphatic carboxylic acids is 2. The zero-order chi connectivity index (χ0) is 33.0. The highest BCUT2D eigenvalue weighted by Gasteiger charge is 2.20. The predicted octanol–water partition coefficient (Wildman–Crippen LogP) is 9.55. The summed E-state index contributed by atoms with van der Waals surface area (Å²) in [7, 11) is 0. The van der Waals surface area contributed by atoms with E-state index in [-0.39, 0.29) is 11.1 Å². The third-order valence-electron chi connectivity index (χ3n) is 7.27. The third kappa shape index (κ3) is 19.2. The zero-order valence-electron chi connectivity index (χ0n) is 27.8. The van der Waals surface area contributed by atoms with Gasteiger partial charge in [-0.25, -0.2) is 19.2 Å². The molecule has 0 saturated heterocycles. The Morgan fingerprint density at radius 3 is 1.14 bits per heavy atom. The largest absolute Gasteiger partial charge is 0.478 e. The molecule has 250 valence electrons. The van der Waals surface area contributed by atoms with Crippen LogP contribution in [0.5, 0.6) is 0 Å². The van der Waals surface area contributed by atoms with Crippen molar-refractivity contribution >= 4 is 23.9 Å². The van der Waals surface area contributed by atoms with E-state index in [1.54, 1.807) is 24.3 Å². The molecule has 0 aliphatic carbocycles. The summed E-state index contributed by atoms with van der Waals surface area (Å²) in [5, 5.41) is 18.0. The van der Waals surface area contributed by atoms with Crippen LogP contribution < -0.4 is 0 Å². The van der Waals surface area contributed by atoms with Gasteiger partial charge in [0.2, 0.25) is 0 Å². The molecule has 2 N–H and O–H groups in total. The molecule has 0 spiro atoms. The van der Waals surface area contributed by atoms with Gasteiger partial charge in [0.25, 0.3) is 0 Å². The van der Waals surface area contributed by atoms with Crippen LogP contribution in [0.4, 0.5) is 0 Å². The molecule has 1 aromatic rings. The molecule has 0 saturated carbocycles. The SMILES string of the molecule is CCCC/C(C(=O)O)=C(/CCCC)C(=O)O.CCCCCCCCOC(=O)c1ccccc1C(=O)OCCCCCCCC. The van der Waals surface area contributed by atoms with Gasteiger partial charge in [0.15, 0.2) is 0 Å². The molecular weight excluding hydrogens is 560 g/mol. The summed E-state index contributed by atoms with van der Waals surface area (Å²) in [6.45, 7) is 9.08. The van der Waals surface area contributed by atoms with E-state index in [1.165, 1.54) is 51.4 Å². The van der Waals surface area contributed by atoms with Crippen LogP contribution in [0.2, 0.25) is 0 Å². The maximum Gasteiger partial charge on any atom is 0.339 e. The minimum atomic E-state index is -1.10. The van der Waals surface area contributed by atoms with Crippen molar-refractivity contribution in [1.82, 2.24) is 0 Å². The Kier molecular flexibility index (Phi) is 25.4. The fourth-order valence-electron chi connectivity index (χ4n) is 4.57. The standard InChI is InChI=1S/C24H38O4.C12H20O4/c1-3-5-7-9-11-15-19-27-23(25)21-17-13-14-18-22(21)24(26)28-20-16-12-10-8-6-4-2;1-3-5-7-9(11(13)14)10(12(15)16)8-6-4-2/h13-14,17-18H,3-12,15-16,19-20H2,1-2H3;3-8H2,1-2H3,(H,13,14)(H,15,16)/b;10-9+. The average Bonchev–Trinajstić information content (AvgIpc) is 3.01. The van der Waals surface area contributed by atoms with Crippen molar-refractivity contribution < 1.29 is 38.9 Å². The molecule has 0 atom stereocenters. The first kappa shape index (κ1) is 40.8. The van der Waals surface area contributed by atoms with E-state index in [9.17, 15) is 19.2 Å². The minimum Gasteiger partial charge on any atom is -0.478 e. The lowest BCUT2D eigenvalue weighted by atomic mass is 9.98. The number of rotatable bonds is 24. The number of benzene rings is 1. The van der Waals surface area contributed by atoms with Crippen LogP contribution in [-0.2, 0) is 19.1 Å². The molecule has 8 heteroatoms. The second-order valence-corrected chi connectivity index (χ2v) is 11.1. The number of hydrogen-bond donors (Lipinski definition) is 2. The molecule has 44 heavy (non-hydrogen) atoms. The fraction of sp³-hybridized carbons (Fsp3) is 0.667. The highest BCUT2D eigenvalue weighted by Crippen LogP contribution is 2.19. The van der Waals surface area contributed by atoms with E-state index in [4.69, 9.17) is 19.7 Å². The number of carboxylic acid groups (broad SMARTS) is 2. The smallest absolute Gasteiger partial charge is 0.339 e. The van der Waals surface area contributed by atoms with E-state index in [2.05, 4.69) is 13.8 Å². The van der Waals surface area contributed by atoms with Crippen LogP contribution in [0, 0.1) is 0 Å². The Morgan fingerprint density at radius 2 is 0.818 bits per heavy atom. The van der Waals surface area contributed by atoms with Gasteiger partial charge in [-0.3, -0.25) is 0 Å². The lowest BCUT2D eigenvalue weighted by molar-refractivity contribution is -0.136. The summed E-state index contributed by atoms with van der Waals surface area (Å²) < 4.78 is 10.7. The van der Waals surface area contributed by atoms with Crippen LogP contribution in [0.25, 0.3) is 0 Å². The van der Waals surface area contributed by atoms with Crippen molar-refractivity contribution in [3.8, 4) is 0 Å². The lowest BCUT2D eigenvalue weighted by Gasteiger charge is -2.10. The molecule has 0 aliphatic rings. The summed E-state index contributed by atoms with van der Waals surface area (Å²) in [4.78, 5) is 46.7. The van der Waals surface area contributed by atoms with Crippen molar-refractivity contribution in [2.24, 2.45) is 0 Å². The molecule has 0 aliphatic heterocycles. The molecule has 0 heterocycles. The summed E-state index contributed by atoms with van der Waals surface area (Å²) in [6.07, 6.45) is 17.5. The molecule has 0 bridgehead atoms. The molecule has 0 fully saturated rings. The summed E-state index contributed by atoms with van der Waals surface area (Å²) >= 11 is 0. The number of carbonyl (C=O) groups excluding carboxylic acids is 2. The molecule has 1 aromatic carbocycles. The molecular formula is C36H58O8. The highest BCUT2D eigenvalue weighted by molar-refractivity contribution is 6.03. The van der Waals surface area contributed by atoms with Gasteiger partial charge in [-0.15, -0.1) is 0 Å². The molecule has 0 unspecified atom stereocenters. The van der Waals surface area contributed by atoms with Gasteiger partial charge >= 0.3 is 23.9 Å². The lowest BCUT2D eigenvalue weighted by Crippen LogP contribution is -2.15. The van der Waals surface area contributed by atoms with Crippen molar-refractivity contribution in [1.29, 1.82) is 0 Å². The predicted molar refractivity (Wildman–Crippen MR) is 175 cm³/mol. The number of carbonyl (C=O) groups is 4. The van der Waals surface area contributed by atoms with Crippen molar-refractivity contribution in [2.75, 3.05) is 13.2 Å². The quantitative estimate of drug-likeness (QED) is 0.0666. The van der Waals surface area contributed by atoms with Crippen LogP contribution in [0.15, 0.2) is 35.4 Å². The molecule has 0 radical (unpaired) electrons. The number of ether oxygens (including phenoxy) is 2. The van der Waals surface area contributed by atoms with Gasteiger partial charge < -0.3 is 19.7 Å². The fourth-order valence-corrected chi connectivity index (χ4v) is 4.57. The van der Waals surface area contributed by atoms with Gasteiger partial charge in [-0.1, -0.05) is 117 Å². The van der Waals surface area contributed by atoms with E-state index in [0.29, 0.717) is 50.0 Å². The number of carboxylic acids is 2. The first-order valence-corrected chi connectivity index (χ1v) is 16.9. The zero-order valence-corrected chi connectivity index (χ0v) is 27.8. The Bertz CT molecular complexity index is 905. The average molecular weight is 619 g/mol. The van der Waals surface area contributed by atoms with E-state index in [0.717, 1.165) is 38.5 Å². The topological polar surface area (TPSA) is 127 Å². The summed E-state index contributed by atoms with van der Waals surface area (Å²) in [5.41, 5.74) is 0.730. The second-order valence-electron chi connectivity index (χ2n) is 11.1. The van der Waals surface area contributed by atoms with Gasteiger partial charge in [0.05, 0.1) is 24.3 Å². The van der Waals surface area contributed by atoms with E-state index < -0.39 is 23.9 Å². The van der Waals surface area contributed by atoms with Gasteiger partial charge in [0, 0.05) is 11.1 Å². The first-order valence-electron chi connectivity index (χ1n) is 16.9. The Labute approximate surface area is 265 Å². The first-order chi connectivity index (χ1) is 21.2. The summed E-state index contributed by atoms with van der Waals surface area (Å²) in [6, 6.07) is 6.74. The normalized spacial score (nSPS) is 11.2. The minimum absolute atomic E-state index is 0.0720. The van der Waals surface area contributed by atoms with E-state index >= 15 is 0 Å². The molecule has 0 amide bonds. The van der Waals surface area contributed by atoms with Crippen molar-refractivity contribution in [3.63, 3.8) is 0 Å². The van der Waals surface area contributed by atoms with Crippen LogP contribution in [0.1, 0.15) is 164 Å². The molecule has 8 nitrogen and oxygen atoms in total. The van der Waals surface area contributed by atoms with Crippen LogP contribution in [0.3, 0.4) is 0 Å². The number of hydrogen-bond acceptors (Lipinski definition) is 6. The Morgan fingerprint density at radius 1 is 0.500 bits per heavy atom. The van der Waals surface area contributed by atoms with Crippen LogP contribution in [-0.4, -0.2) is 47.3 Å². The highest BCUT2D eigenvalue weighted by atomic mass is 16.5. The maximum atomic E-state index is 12.4. The van der Waals surface area contributed by atoms with Gasteiger partial charge in [-0.05, 0) is 50.7 Å². The van der Waals surface area contributed by atoms with E-state index in [1.807, 2.05) is 13.8 Å². The summed E-state index contributed by atoms with van der Waals surface area (Å²) in [5.74, 6) is -3.08. The van der Waals surface area contributed by atoms with Crippen molar-refractivity contribution in [2.45, 2.75) is 143 Å². The van der Waals surface area contributed by atoms with Crippen LogP contribution >= 0.6 is 0 Å². The third-order valence-corrected chi connectivity index (χ3v) is 7.27. The van der Waals surface area contributed by atoms with Crippen molar-refractivity contribution in [3.05, 3.63) is 46.5 Å². The number of esters is 2. The monoisotopic (exact) mass is 618 g/mol. The molecule has 0 aromatic heterocycles. The maximum absolute atomic E-state index is 12.4. The number of unbranched alkanes of at least 4 members (excludes halogenated alkanes) is 12. The van der Waals surface area contributed by atoms with Gasteiger partial charge in [-0.2, -0.15) is 0 Å². The molecule has 1 rings (SSSR count). The Balaban J connectivity index is 0.000000983.